The molecule has 8 nitrogen and oxygen atoms in total. The van der Waals surface area contributed by atoms with Crippen molar-refractivity contribution in [2.24, 2.45) is 0 Å². The maximum atomic E-state index is 13.5. The summed E-state index contributed by atoms with van der Waals surface area (Å²) in [4.78, 5) is 30.1. The van der Waals surface area contributed by atoms with Crippen LogP contribution in [0.25, 0.3) is 5.69 Å². The molecule has 2 amide bonds. The van der Waals surface area contributed by atoms with E-state index in [9.17, 15) is 14.0 Å². The van der Waals surface area contributed by atoms with Crippen molar-refractivity contribution in [3.63, 3.8) is 0 Å². The van der Waals surface area contributed by atoms with E-state index in [0.29, 0.717) is 36.9 Å². The minimum Gasteiger partial charge on any atom is -0.459 e. The lowest BCUT2D eigenvalue weighted by Gasteiger charge is -2.36. The molecule has 3 heterocycles. The Bertz CT molecular complexity index is 1350. The fourth-order valence-corrected chi connectivity index (χ4v) is 4.21. The van der Waals surface area contributed by atoms with Crippen LogP contribution >= 0.6 is 11.6 Å². The summed E-state index contributed by atoms with van der Waals surface area (Å²) < 4.78 is 19.9. The topological polar surface area (TPSA) is 83.6 Å². The Morgan fingerprint density at radius 3 is 2.40 bits per heavy atom. The van der Waals surface area contributed by atoms with Crippen LogP contribution in [0.2, 0.25) is 5.02 Å². The van der Waals surface area contributed by atoms with E-state index >= 15 is 0 Å². The van der Waals surface area contributed by atoms with Gasteiger partial charge in [0.1, 0.15) is 17.2 Å². The third-order valence-corrected chi connectivity index (χ3v) is 6.14. The minimum absolute atomic E-state index is 0.100. The van der Waals surface area contributed by atoms with Gasteiger partial charge in [-0.1, -0.05) is 23.7 Å². The molecule has 4 aromatic rings. The zero-order valence-electron chi connectivity index (χ0n) is 18.5. The lowest BCUT2D eigenvalue weighted by atomic mass is 10.2. The third kappa shape index (κ3) is 4.63. The number of nitrogens with zero attached hydrogens (tertiary/aromatic N) is 4. The molecule has 1 aliphatic heterocycles. The van der Waals surface area contributed by atoms with Crippen LogP contribution in [0.5, 0.6) is 0 Å². The maximum absolute atomic E-state index is 13.5. The second-order valence-corrected chi connectivity index (χ2v) is 8.36. The number of hydrogen-bond acceptors (Lipinski definition) is 5. The molecule has 0 spiro atoms. The highest BCUT2D eigenvalue weighted by Crippen LogP contribution is 2.28. The highest BCUT2D eigenvalue weighted by molar-refractivity contribution is 6.32. The first-order valence-corrected chi connectivity index (χ1v) is 11.4. The Labute approximate surface area is 205 Å². The minimum atomic E-state index is -0.515. The molecule has 5 rings (SSSR count). The van der Waals surface area contributed by atoms with Gasteiger partial charge in [-0.2, -0.15) is 5.10 Å². The molecular weight excluding hydrogens is 473 g/mol. The first-order valence-electron chi connectivity index (χ1n) is 11.0. The van der Waals surface area contributed by atoms with Crippen LogP contribution in [0.15, 0.2) is 77.5 Å². The number of carbonyl (C=O) groups is 2. The zero-order valence-corrected chi connectivity index (χ0v) is 19.3. The molecule has 2 aromatic carbocycles. The highest BCUT2D eigenvalue weighted by atomic mass is 35.5. The normalized spacial score (nSPS) is 13.7. The van der Waals surface area contributed by atoms with Gasteiger partial charge in [-0.25, -0.2) is 9.07 Å². The number of piperazine rings is 1. The number of aromatic nitrogens is 2. The lowest BCUT2D eigenvalue weighted by Crippen LogP contribution is -2.48. The van der Waals surface area contributed by atoms with Gasteiger partial charge in [0.05, 0.1) is 23.2 Å². The van der Waals surface area contributed by atoms with Crippen LogP contribution in [0.1, 0.15) is 20.9 Å². The number of furan rings is 1. The van der Waals surface area contributed by atoms with Crippen molar-refractivity contribution in [3.05, 3.63) is 95.3 Å². The molecular formula is C25H21ClFN5O3. The second kappa shape index (κ2) is 9.63. The van der Waals surface area contributed by atoms with E-state index < -0.39 is 5.91 Å². The zero-order chi connectivity index (χ0) is 24.4. The molecule has 0 saturated carbocycles. The van der Waals surface area contributed by atoms with Crippen LogP contribution in [-0.2, 0) is 0 Å². The number of benzene rings is 2. The Morgan fingerprint density at radius 1 is 0.971 bits per heavy atom. The van der Waals surface area contributed by atoms with Crippen molar-refractivity contribution in [2.75, 3.05) is 36.4 Å². The molecule has 1 saturated heterocycles. The van der Waals surface area contributed by atoms with E-state index in [1.807, 2.05) is 0 Å². The van der Waals surface area contributed by atoms with E-state index in [-0.39, 0.29) is 28.9 Å². The SMILES string of the molecule is O=C(Nc1c(C(=O)N2CCN(c3ccc(F)cc3)CC2)cnn1-c1ccccc1Cl)c1ccco1. The summed E-state index contributed by atoms with van der Waals surface area (Å²) in [5, 5.41) is 7.54. The summed E-state index contributed by atoms with van der Waals surface area (Å²) in [6, 6.07) is 16.4. The van der Waals surface area contributed by atoms with Crippen molar-refractivity contribution < 1.29 is 18.4 Å². The second-order valence-electron chi connectivity index (χ2n) is 7.96. The summed E-state index contributed by atoms with van der Waals surface area (Å²) in [5.74, 6) is -0.772. The largest absolute Gasteiger partial charge is 0.459 e. The number of rotatable bonds is 5. The van der Waals surface area contributed by atoms with Gasteiger partial charge in [-0.15, -0.1) is 0 Å². The van der Waals surface area contributed by atoms with Crippen LogP contribution < -0.4 is 10.2 Å². The summed E-state index contributed by atoms with van der Waals surface area (Å²) in [7, 11) is 0. The van der Waals surface area contributed by atoms with Crippen LogP contribution in [0.3, 0.4) is 0 Å². The molecule has 0 atom stereocenters. The number of halogens is 2. The van der Waals surface area contributed by atoms with Crippen molar-refractivity contribution >= 4 is 34.9 Å². The highest BCUT2D eigenvalue weighted by Gasteiger charge is 2.28. The van der Waals surface area contributed by atoms with Crippen molar-refractivity contribution in [1.29, 1.82) is 0 Å². The van der Waals surface area contributed by atoms with E-state index in [4.69, 9.17) is 16.0 Å². The molecule has 0 radical (unpaired) electrons. The Kier molecular flexibility index (Phi) is 6.24. The summed E-state index contributed by atoms with van der Waals surface area (Å²) in [6.45, 7) is 2.09. The first-order chi connectivity index (χ1) is 17.0. The van der Waals surface area contributed by atoms with Crippen LogP contribution in [0, 0.1) is 5.82 Å². The molecule has 0 bridgehead atoms. The van der Waals surface area contributed by atoms with Crippen LogP contribution in [-0.4, -0.2) is 52.7 Å². The number of nitrogens with one attached hydrogen (secondary N) is 1. The van der Waals surface area contributed by atoms with Crippen molar-refractivity contribution in [1.82, 2.24) is 14.7 Å². The predicted octanol–water partition coefficient (Wildman–Crippen LogP) is 4.47. The van der Waals surface area contributed by atoms with Gasteiger partial charge in [0.25, 0.3) is 11.8 Å². The Hall–Kier alpha value is -4.11. The fourth-order valence-electron chi connectivity index (χ4n) is 4.00. The first kappa shape index (κ1) is 22.7. The van der Waals surface area contributed by atoms with Crippen LogP contribution in [0.4, 0.5) is 15.9 Å². The molecule has 0 unspecified atom stereocenters. The average Bonchev–Trinajstić information content (AvgIpc) is 3.55. The van der Waals surface area contributed by atoms with E-state index in [1.54, 1.807) is 47.4 Å². The Balaban J connectivity index is 1.40. The number of para-hydroxylation sites is 1. The number of anilines is 2. The van der Waals surface area contributed by atoms with E-state index in [0.717, 1.165) is 5.69 Å². The molecule has 10 heteroatoms. The van der Waals surface area contributed by atoms with Gasteiger partial charge in [0.15, 0.2) is 5.76 Å². The molecule has 178 valence electrons. The summed E-state index contributed by atoms with van der Waals surface area (Å²) in [6.07, 6.45) is 2.82. The molecule has 1 N–H and O–H groups in total. The molecule has 35 heavy (non-hydrogen) atoms. The van der Waals surface area contributed by atoms with Crippen molar-refractivity contribution in [2.45, 2.75) is 0 Å². The Morgan fingerprint density at radius 2 is 1.71 bits per heavy atom. The van der Waals surface area contributed by atoms with Gasteiger partial charge in [0, 0.05) is 31.9 Å². The van der Waals surface area contributed by atoms with E-state index in [1.165, 1.54) is 35.3 Å². The van der Waals surface area contributed by atoms with Crippen molar-refractivity contribution in [3.8, 4) is 5.69 Å². The molecule has 1 aliphatic rings. The fraction of sp³-hybridized carbons (Fsp3) is 0.160. The quantitative estimate of drug-likeness (QED) is 0.443. The number of amides is 2. The number of hydrogen-bond donors (Lipinski definition) is 1. The van der Waals surface area contributed by atoms with Gasteiger partial charge in [-0.3, -0.25) is 9.59 Å². The molecule has 0 aliphatic carbocycles. The summed E-state index contributed by atoms with van der Waals surface area (Å²) >= 11 is 6.37. The molecule has 2 aromatic heterocycles. The summed E-state index contributed by atoms with van der Waals surface area (Å²) in [5.41, 5.74) is 1.65. The van der Waals surface area contributed by atoms with Gasteiger partial charge < -0.3 is 19.5 Å². The van der Waals surface area contributed by atoms with Gasteiger partial charge in [0.2, 0.25) is 0 Å². The van der Waals surface area contributed by atoms with E-state index in [2.05, 4.69) is 15.3 Å². The lowest BCUT2D eigenvalue weighted by molar-refractivity contribution is 0.0748. The monoisotopic (exact) mass is 493 g/mol. The molecule has 1 fully saturated rings. The van der Waals surface area contributed by atoms with Gasteiger partial charge >= 0.3 is 0 Å². The standard InChI is InChI=1S/C25H21ClFN5O3/c26-20-4-1-2-5-21(20)32-23(29-24(33)22-6-3-15-35-22)19(16-28-32)25(34)31-13-11-30(12-14-31)18-9-7-17(27)8-10-18/h1-10,15-16H,11-14H2,(H,29,33). The smallest absolute Gasteiger partial charge is 0.292 e. The third-order valence-electron chi connectivity index (χ3n) is 5.82. The predicted molar refractivity (Wildman–Crippen MR) is 130 cm³/mol. The maximum Gasteiger partial charge on any atom is 0.292 e. The van der Waals surface area contributed by atoms with Gasteiger partial charge in [-0.05, 0) is 48.5 Å². The average molecular weight is 494 g/mol. The number of carbonyl (C=O) groups excluding carboxylic acids is 2.